The van der Waals surface area contributed by atoms with E-state index in [1.165, 1.54) is 6.07 Å². The number of methoxy groups -OCH3 is 1. The third-order valence-electron chi connectivity index (χ3n) is 5.00. The number of carbonyl (C=O) groups excluding carboxylic acids is 1. The lowest BCUT2D eigenvalue weighted by molar-refractivity contribution is 0.0745. The van der Waals surface area contributed by atoms with E-state index in [0.717, 1.165) is 11.3 Å². The Labute approximate surface area is 172 Å². The third-order valence-corrected chi connectivity index (χ3v) is 5.00. The van der Waals surface area contributed by atoms with Gasteiger partial charge in [0.1, 0.15) is 11.6 Å². The van der Waals surface area contributed by atoms with Crippen LogP contribution in [-0.4, -0.2) is 50.7 Å². The number of nitrogens with zero attached hydrogens (tertiary/aromatic N) is 2. The summed E-state index contributed by atoms with van der Waals surface area (Å²) in [4.78, 5) is 16.8. The highest BCUT2D eigenvalue weighted by Crippen LogP contribution is 2.24. The number of anilines is 1. The molecule has 0 aromatic heterocycles. The van der Waals surface area contributed by atoms with Crippen molar-refractivity contribution in [3.8, 4) is 5.75 Å². The number of para-hydroxylation sites is 1. The molecule has 0 aliphatic carbocycles. The molecule has 0 saturated carbocycles. The van der Waals surface area contributed by atoms with Gasteiger partial charge >= 0.3 is 0 Å². The third kappa shape index (κ3) is 5.26. The van der Waals surface area contributed by atoms with Gasteiger partial charge in [-0.1, -0.05) is 26.0 Å². The van der Waals surface area contributed by atoms with E-state index in [1.807, 2.05) is 28.0 Å². The lowest BCUT2D eigenvalue weighted by atomic mass is 10.1. The fourth-order valence-corrected chi connectivity index (χ4v) is 3.47. The Hall–Kier alpha value is -2.60. The van der Waals surface area contributed by atoms with Gasteiger partial charge in [-0.25, -0.2) is 4.39 Å². The Bertz CT molecular complexity index is 833. The molecule has 0 spiro atoms. The first-order chi connectivity index (χ1) is 14.0. The summed E-state index contributed by atoms with van der Waals surface area (Å²) < 4.78 is 25.2. The number of benzene rings is 2. The zero-order chi connectivity index (χ0) is 20.8. The maximum Gasteiger partial charge on any atom is 0.253 e. The minimum Gasteiger partial charge on any atom is -0.496 e. The number of carbonyl (C=O) groups is 1. The highest BCUT2D eigenvalue weighted by atomic mass is 19.1. The van der Waals surface area contributed by atoms with Gasteiger partial charge in [-0.15, -0.1) is 0 Å². The number of hydrogen-bond donors (Lipinski definition) is 0. The first kappa shape index (κ1) is 21.1. The first-order valence-corrected chi connectivity index (χ1v) is 10.0. The van der Waals surface area contributed by atoms with Crippen LogP contribution in [0.4, 0.5) is 10.1 Å². The fourth-order valence-electron chi connectivity index (χ4n) is 3.47. The maximum absolute atomic E-state index is 14.0. The van der Waals surface area contributed by atoms with Crippen LogP contribution >= 0.6 is 0 Å². The predicted octanol–water partition coefficient (Wildman–Crippen LogP) is 3.97. The molecule has 29 heavy (non-hydrogen) atoms. The second-order valence-corrected chi connectivity index (χ2v) is 7.67. The number of rotatable bonds is 7. The van der Waals surface area contributed by atoms with Crippen LogP contribution in [0, 0.1) is 11.7 Å². The van der Waals surface area contributed by atoms with Crippen molar-refractivity contribution in [3.63, 3.8) is 0 Å². The molecule has 5 nitrogen and oxygen atoms in total. The van der Waals surface area contributed by atoms with Crippen LogP contribution in [0.2, 0.25) is 0 Å². The summed E-state index contributed by atoms with van der Waals surface area (Å²) in [7, 11) is 1.62. The van der Waals surface area contributed by atoms with E-state index in [1.54, 1.807) is 25.3 Å². The van der Waals surface area contributed by atoms with Gasteiger partial charge in [-0.2, -0.15) is 0 Å². The SMILES string of the molecule is COc1ccc(C(=O)N2CCN(c3ccccc3F)CC2)cc1COCC(C)C. The van der Waals surface area contributed by atoms with Crippen LogP contribution in [0.25, 0.3) is 0 Å². The molecule has 2 aromatic carbocycles. The molecule has 1 saturated heterocycles. The molecule has 1 amide bonds. The molecule has 3 rings (SSSR count). The summed E-state index contributed by atoms with van der Waals surface area (Å²) in [5, 5.41) is 0. The van der Waals surface area contributed by atoms with Crippen molar-refractivity contribution in [2.45, 2.75) is 20.5 Å². The number of hydrogen-bond acceptors (Lipinski definition) is 4. The summed E-state index contributed by atoms with van der Waals surface area (Å²) in [5.41, 5.74) is 2.07. The van der Waals surface area contributed by atoms with E-state index in [4.69, 9.17) is 9.47 Å². The van der Waals surface area contributed by atoms with Crippen molar-refractivity contribution in [2.75, 3.05) is 44.8 Å². The quantitative estimate of drug-likeness (QED) is 0.705. The second kappa shape index (κ2) is 9.74. The monoisotopic (exact) mass is 400 g/mol. The Kier molecular flexibility index (Phi) is 7.09. The Balaban J connectivity index is 1.65. The summed E-state index contributed by atoms with van der Waals surface area (Å²) in [6, 6.07) is 12.2. The maximum atomic E-state index is 14.0. The average Bonchev–Trinajstić information content (AvgIpc) is 2.73. The van der Waals surface area contributed by atoms with E-state index in [9.17, 15) is 9.18 Å². The van der Waals surface area contributed by atoms with Crippen molar-refractivity contribution in [3.05, 3.63) is 59.4 Å². The van der Waals surface area contributed by atoms with Gasteiger partial charge in [0.2, 0.25) is 0 Å². The number of ether oxygens (including phenoxy) is 2. The molecule has 1 heterocycles. The summed E-state index contributed by atoms with van der Waals surface area (Å²) in [5.74, 6) is 0.908. The molecule has 1 aliphatic heterocycles. The first-order valence-electron chi connectivity index (χ1n) is 10.0. The highest BCUT2D eigenvalue weighted by molar-refractivity contribution is 5.94. The van der Waals surface area contributed by atoms with Gasteiger partial charge in [-0.3, -0.25) is 4.79 Å². The molecule has 0 bridgehead atoms. The largest absolute Gasteiger partial charge is 0.496 e. The van der Waals surface area contributed by atoms with Gasteiger partial charge in [-0.05, 0) is 36.2 Å². The normalized spacial score (nSPS) is 14.4. The Morgan fingerprint density at radius 1 is 1.10 bits per heavy atom. The van der Waals surface area contributed by atoms with E-state index < -0.39 is 0 Å². The molecule has 156 valence electrons. The lowest BCUT2D eigenvalue weighted by Crippen LogP contribution is -2.49. The number of halogens is 1. The molecular formula is C23H29FN2O3. The Morgan fingerprint density at radius 3 is 2.48 bits per heavy atom. The van der Waals surface area contributed by atoms with Crippen molar-refractivity contribution in [2.24, 2.45) is 5.92 Å². The smallest absolute Gasteiger partial charge is 0.253 e. The summed E-state index contributed by atoms with van der Waals surface area (Å²) in [6.45, 7) is 7.57. The fraction of sp³-hybridized carbons (Fsp3) is 0.435. The van der Waals surface area contributed by atoms with E-state index in [0.29, 0.717) is 56.6 Å². The predicted molar refractivity (Wildman–Crippen MR) is 112 cm³/mol. The van der Waals surface area contributed by atoms with Crippen LogP contribution in [0.3, 0.4) is 0 Å². The van der Waals surface area contributed by atoms with Crippen LogP contribution in [0.1, 0.15) is 29.8 Å². The van der Waals surface area contributed by atoms with E-state index >= 15 is 0 Å². The lowest BCUT2D eigenvalue weighted by Gasteiger charge is -2.36. The van der Waals surface area contributed by atoms with Crippen LogP contribution < -0.4 is 9.64 Å². The zero-order valence-electron chi connectivity index (χ0n) is 17.4. The molecule has 0 unspecified atom stereocenters. The minimum atomic E-state index is -0.228. The molecule has 0 N–H and O–H groups in total. The topological polar surface area (TPSA) is 42.0 Å². The van der Waals surface area contributed by atoms with Gasteiger partial charge in [0.25, 0.3) is 5.91 Å². The van der Waals surface area contributed by atoms with Gasteiger partial charge < -0.3 is 19.3 Å². The number of amides is 1. The molecule has 1 aliphatic rings. The van der Waals surface area contributed by atoms with E-state index in [-0.39, 0.29) is 11.7 Å². The number of piperazine rings is 1. The highest BCUT2D eigenvalue weighted by Gasteiger charge is 2.24. The summed E-state index contributed by atoms with van der Waals surface area (Å²) in [6.07, 6.45) is 0. The van der Waals surface area contributed by atoms with Crippen LogP contribution in [0.5, 0.6) is 5.75 Å². The molecular weight excluding hydrogens is 371 g/mol. The Morgan fingerprint density at radius 2 is 1.83 bits per heavy atom. The second-order valence-electron chi connectivity index (χ2n) is 7.67. The van der Waals surface area contributed by atoms with Crippen LogP contribution in [0.15, 0.2) is 42.5 Å². The standard InChI is InChI=1S/C23H29FN2O3/c1-17(2)15-29-16-19-14-18(8-9-22(19)28-3)23(27)26-12-10-25(11-13-26)21-7-5-4-6-20(21)24/h4-9,14,17H,10-13,15-16H2,1-3H3. The summed E-state index contributed by atoms with van der Waals surface area (Å²) >= 11 is 0. The van der Waals surface area contributed by atoms with E-state index in [2.05, 4.69) is 13.8 Å². The zero-order valence-corrected chi connectivity index (χ0v) is 17.4. The van der Waals surface area contributed by atoms with Crippen molar-refractivity contribution < 1.29 is 18.7 Å². The van der Waals surface area contributed by atoms with Crippen LogP contribution in [-0.2, 0) is 11.3 Å². The molecule has 6 heteroatoms. The van der Waals surface area contributed by atoms with Gasteiger partial charge in [0.05, 0.1) is 19.4 Å². The van der Waals surface area contributed by atoms with Gasteiger partial charge in [0, 0.05) is 43.9 Å². The minimum absolute atomic E-state index is 0.0223. The molecule has 0 atom stereocenters. The molecule has 2 aromatic rings. The van der Waals surface area contributed by atoms with Crippen molar-refractivity contribution in [1.82, 2.24) is 4.90 Å². The average molecular weight is 400 g/mol. The van der Waals surface area contributed by atoms with Crippen molar-refractivity contribution in [1.29, 1.82) is 0 Å². The molecule has 0 radical (unpaired) electrons. The van der Waals surface area contributed by atoms with Crippen molar-refractivity contribution >= 4 is 11.6 Å². The molecule has 1 fully saturated rings. The van der Waals surface area contributed by atoms with Gasteiger partial charge in [0.15, 0.2) is 0 Å².